The topological polar surface area (TPSA) is 38.5 Å². The standard InChI is InChI=1S/C12H28N2O/c1-5-11(3)14(6-2)10-12(13)8-7-9-15-4/h11-12H,5-10,13H2,1-4H3. The van der Waals surface area contributed by atoms with E-state index in [1.807, 2.05) is 0 Å². The molecule has 3 nitrogen and oxygen atoms in total. The van der Waals surface area contributed by atoms with Gasteiger partial charge in [0.05, 0.1) is 0 Å². The van der Waals surface area contributed by atoms with Gasteiger partial charge in [-0.25, -0.2) is 0 Å². The largest absolute Gasteiger partial charge is 0.385 e. The summed E-state index contributed by atoms with van der Waals surface area (Å²) in [6.07, 6.45) is 3.31. The van der Waals surface area contributed by atoms with Crippen LogP contribution in [0.5, 0.6) is 0 Å². The molecule has 0 bridgehead atoms. The van der Waals surface area contributed by atoms with Crippen LogP contribution >= 0.6 is 0 Å². The maximum Gasteiger partial charge on any atom is 0.0462 e. The first-order valence-electron chi connectivity index (χ1n) is 6.14. The molecule has 0 saturated heterocycles. The van der Waals surface area contributed by atoms with E-state index in [-0.39, 0.29) is 6.04 Å². The third-order valence-electron chi connectivity index (χ3n) is 3.01. The zero-order valence-electron chi connectivity index (χ0n) is 10.8. The third-order valence-corrected chi connectivity index (χ3v) is 3.01. The van der Waals surface area contributed by atoms with Crippen LogP contribution < -0.4 is 5.73 Å². The molecule has 92 valence electrons. The second-order valence-corrected chi connectivity index (χ2v) is 4.24. The number of hydrogen-bond donors (Lipinski definition) is 1. The van der Waals surface area contributed by atoms with E-state index in [9.17, 15) is 0 Å². The first-order valence-corrected chi connectivity index (χ1v) is 6.14. The van der Waals surface area contributed by atoms with Crippen LogP contribution in [-0.2, 0) is 4.74 Å². The van der Waals surface area contributed by atoms with Gasteiger partial charge < -0.3 is 10.5 Å². The smallest absolute Gasteiger partial charge is 0.0462 e. The summed E-state index contributed by atoms with van der Waals surface area (Å²) in [6.45, 7) is 9.62. The van der Waals surface area contributed by atoms with E-state index < -0.39 is 0 Å². The fourth-order valence-corrected chi connectivity index (χ4v) is 1.76. The third kappa shape index (κ3) is 6.88. The van der Waals surface area contributed by atoms with Crippen molar-refractivity contribution in [1.82, 2.24) is 4.90 Å². The molecule has 0 aromatic heterocycles. The van der Waals surface area contributed by atoms with Crippen molar-refractivity contribution >= 4 is 0 Å². The maximum atomic E-state index is 6.09. The van der Waals surface area contributed by atoms with Gasteiger partial charge in [0.15, 0.2) is 0 Å². The highest BCUT2D eigenvalue weighted by molar-refractivity contribution is 4.71. The highest BCUT2D eigenvalue weighted by atomic mass is 16.5. The van der Waals surface area contributed by atoms with Crippen molar-refractivity contribution in [1.29, 1.82) is 0 Å². The molecule has 2 unspecified atom stereocenters. The zero-order valence-corrected chi connectivity index (χ0v) is 10.8. The molecular formula is C12H28N2O. The molecule has 3 heteroatoms. The summed E-state index contributed by atoms with van der Waals surface area (Å²) in [7, 11) is 1.74. The van der Waals surface area contributed by atoms with Gasteiger partial charge in [-0.05, 0) is 32.7 Å². The Bertz CT molecular complexity index is 142. The molecule has 0 aliphatic heterocycles. The Kier molecular flexibility index (Phi) is 9.06. The van der Waals surface area contributed by atoms with Crippen molar-refractivity contribution in [3.8, 4) is 0 Å². The van der Waals surface area contributed by atoms with E-state index in [0.29, 0.717) is 6.04 Å². The monoisotopic (exact) mass is 216 g/mol. The van der Waals surface area contributed by atoms with Gasteiger partial charge in [-0.3, -0.25) is 4.90 Å². The van der Waals surface area contributed by atoms with Crippen LogP contribution in [0.25, 0.3) is 0 Å². The van der Waals surface area contributed by atoms with E-state index in [2.05, 4.69) is 25.7 Å². The van der Waals surface area contributed by atoms with Gasteiger partial charge in [0.2, 0.25) is 0 Å². The Hall–Kier alpha value is -0.120. The van der Waals surface area contributed by atoms with Gasteiger partial charge in [0.25, 0.3) is 0 Å². The fraction of sp³-hybridized carbons (Fsp3) is 1.00. The van der Waals surface area contributed by atoms with Crippen LogP contribution in [0.2, 0.25) is 0 Å². The maximum absolute atomic E-state index is 6.09. The summed E-state index contributed by atoms with van der Waals surface area (Å²) < 4.78 is 5.02. The average Bonchev–Trinajstić information content (AvgIpc) is 2.25. The van der Waals surface area contributed by atoms with Crippen molar-refractivity contribution in [2.45, 2.75) is 52.1 Å². The van der Waals surface area contributed by atoms with E-state index in [0.717, 1.165) is 32.5 Å². The minimum Gasteiger partial charge on any atom is -0.385 e. The normalized spacial score (nSPS) is 15.6. The van der Waals surface area contributed by atoms with E-state index in [1.165, 1.54) is 6.42 Å². The lowest BCUT2D eigenvalue weighted by molar-refractivity contribution is 0.175. The van der Waals surface area contributed by atoms with E-state index >= 15 is 0 Å². The second-order valence-electron chi connectivity index (χ2n) is 4.24. The summed E-state index contributed by atoms with van der Waals surface area (Å²) in [6, 6.07) is 0.928. The molecule has 0 radical (unpaired) electrons. The Morgan fingerprint density at radius 1 is 1.33 bits per heavy atom. The molecule has 0 aliphatic rings. The van der Waals surface area contributed by atoms with Gasteiger partial charge in [-0.15, -0.1) is 0 Å². The lowest BCUT2D eigenvalue weighted by Gasteiger charge is -2.29. The molecule has 0 spiro atoms. The Labute approximate surface area is 95.0 Å². The molecule has 2 N–H and O–H groups in total. The summed E-state index contributed by atoms with van der Waals surface area (Å²) in [5.74, 6) is 0. The van der Waals surface area contributed by atoms with Gasteiger partial charge in [0.1, 0.15) is 0 Å². The van der Waals surface area contributed by atoms with Crippen molar-refractivity contribution < 1.29 is 4.74 Å². The quantitative estimate of drug-likeness (QED) is 0.598. The number of rotatable bonds is 9. The Balaban J connectivity index is 3.74. The summed E-state index contributed by atoms with van der Waals surface area (Å²) in [5, 5.41) is 0. The fourth-order valence-electron chi connectivity index (χ4n) is 1.76. The molecule has 15 heavy (non-hydrogen) atoms. The molecular weight excluding hydrogens is 188 g/mol. The van der Waals surface area contributed by atoms with Gasteiger partial charge in [-0.1, -0.05) is 13.8 Å². The summed E-state index contributed by atoms with van der Waals surface area (Å²) in [5.41, 5.74) is 6.09. The number of ether oxygens (including phenoxy) is 1. The number of nitrogens with two attached hydrogens (primary N) is 1. The summed E-state index contributed by atoms with van der Waals surface area (Å²) in [4.78, 5) is 2.46. The van der Waals surface area contributed by atoms with Crippen molar-refractivity contribution in [2.24, 2.45) is 5.73 Å². The molecule has 0 aliphatic carbocycles. The second kappa shape index (κ2) is 9.13. The molecule has 0 amide bonds. The molecule has 0 aromatic carbocycles. The predicted molar refractivity (Wildman–Crippen MR) is 66.1 cm³/mol. The number of methoxy groups -OCH3 is 1. The molecule has 2 atom stereocenters. The Morgan fingerprint density at radius 2 is 2.00 bits per heavy atom. The highest BCUT2D eigenvalue weighted by Gasteiger charge is 2.13. The first-order chi connectivity index (χ1) is 7.15. The SMILES string of the molecule is CCC(C)N(CC)CC(N)CCCOC. The molecule has 0 aromatic rings. The molecule has 0 heterocycles. The predicted octanol–water partition coefficient (Wildman–Crippen LogP) is 1.86. The number of likely N-dealkylation sites (N-methyl/N-ethyl adjacent to an activating group) is 1. The van der Waals surface area contributed by atoms with Gasteiger partial charge >= 0.3 is 0 Å². The van der Waals surface area contributed by atoms with E-state index in [4.69, 9.17) is 10.5 Å². The van der Waals surface area contributed by atoms with E-state index in [1.54, 1.807) is 7.11 Å². The Morgan fingerprint density at radius 3 is 2.47 bits per heavy atom. The van der Waals surface area contributed by atoms with Crippen molar-refractivity contribution in [3.63, 3.8) is 0 Å². The number of hydrogen-bond acceptors (Lipinski definition) is 3. The van der Waals surface area contributed by atoms with Crippen LogP contribution in [-0.4, -0.2) is 43.8 Å². The van der Waals surface area contributed by atoms with Crippen molar-refractivity contribution in [3.05, 3.63) is 0 Å². The van der Waals surface area contributed by atoms with Crippen molar-refractivity contribution in [2.75, 3.05) is 26.8 Å². The van der Waals surface area contributed by atoms with Gasteiger partial charge in [0, 0.05) is 32.3 Å². The van der Waals surface area contributed by atoms with Gasteiger partial charge in [-0.2, -0.15) is 0 Å². The van der Waals surface area contributed by atoms with Crippen LogP contribution in [0.1, 0.15) is 40.0 Å². The number of nitrogens with zero attached hydrogens (tertiary/aromatic N) is 1. The zero-order chi connectivity index (χ0) is 11.7. The lowest BCUT2D eigenvalue weighted by Crippen LogP contribution is -2.42. The minimum atomic E-state index is 0.286. The lowest BCUT2D eigenvalue weighted by atomic mass is 10.1. The minimum absolute atomic E-state index is 0.286. The highest BCUT2D eigenvalue weighted by Crippen LogP contribution is 2.05. The first kappa shape index (κ1) is 14.9. The molecule has 0 saturated carbocycles. The summed E-state index contributed by atoms with van der Waals surface area (Å²) >= 11 is 0. The van der Waals surface area contributed by atoms with Crippen LogP contribution in [0, 0.1) is 0 Å². The van der Waals surface area contributed by atoms with Crippen LogP contribution in [0.4, 0.5) is 0 Å². The average molecular weight is 216 g/mol. The van der Waals surface area contributed by atoms with Crippen LogP contribution in [0.15, 0.2) is 0 Å². The molecule has 0 rings (SSSR count). The van der Waals surface area contributed by atoms with Crippen LogP contribution in [0.3, 0.4) is 0 Å². The molecule has 0 fully saturated rings.